The molecule has 7 nitrogen and oxygen atoms in total. The van der Waals surface area contributed by atoms with Crippen molar-refractivity contribution in [3.05, 3.63) is 24.3 Å². The van der Waals surface area contributed by atoms with Gasteiger partial charge in [-0.25, -0.2) is 0 Å². The topological polar surface area (TPSA) is 73.3 Å². The summed E-state index contributed by atoms with van der Waals surface area (Å²) in [5.41, 5.74) is 0.956. The number of guanidine groups is 1. The third-order valence-corrected chi connectivity index (χ3v) is 4.23. The normalized spacial score (nSPS) is 13.8. The van der Waals surface area contributed by atoms with Crippen molar-refractivity contribution in [2.75, 3.05) is 58.6 Å². The van der Waals surface area contributed by atoms with E-state index in [4.69, 9.17) is 18.9 Å². The highest BCUT2D eigenvalue weighted by molar-refractivity contribution is 14.0. The Morgan fingerprint density at radius 2 is 1.83 bits per heavy atom. The van der Waals surface area contributed by atoms with Gasteiger partial charge >= 0.3 is 0 Å². The summed E-state index contributed by atoms with van der Waals surface area (Å²) in [5.74, 6) is 2.40. The molecule has 2 N–H and O–H groups in total. The first-order valence-corrected chi connectivity index (χ1v) is 10.6. The van der Waals surface area contributed by atoms with Gasteiger partial charge in [0.1, 0.15) is 5.75 Å². The van der Waals surface area contributed by atoms with Crippen LogP contribution in [0.1, 0.15) is 33.1 Å². The Morgan fingerprint density at radius 1 is 1.07 bits per heavy atom. The standard InChI is InChI=1S/C22H37N3O4.HI/c1-18(2)29-21-9-7-20(8-10-21)25-22(24-12-14-27-16-15-26-3)23-11-4-13-28-17-19-5-6-19;/h7-10,18-19H,4-6,11-17H2,1-3H3,(H2,23,24,25);1H. The predicted octanol–water partition coefficient (Wildman–Crippen LogP) is 3.93. The van der Waals surface area contributed by atoms with Crippen molar-refractivity contribution in [2.24, 2.45) is 10.9 Å². The summed E-state index contributed by atoms with van der Waals surface area (Å²) in [7, 11) is 1.67. The number of anilines is 1. The van der Waals surface area contributed by atoms with E-state index >= 15 is 0 Å². The third-order valence-electron chi connectivity index (χ3n) is 4.23. The molecule has 0 radical (unpaired) electrons. The lowest BCUT2D eigenvalue weighted by Gasteiger charge is -2.14. The first-order valence-electron chi connectivity index (χ1n) is 10.6. The fraction of sp³-hybridized carbons (Fsp3) is 0.682. The molecule has 0 aromatic heterocycles. The molecule has 1 aromatic rings. The maximum Gasteiger partial charge on any atom is 0.195 e. The Hall–Kier alpha value is -1.10. The highest BCUT2D eigenvalue weighted by Gasteiger charge is 2.20. The maximum atomic E-state index is 5.70. The van der Waals surface area contributed by atoms with Crippen molar-refractivity contribution in [2.45, 2.75) is 39.2 Å². The number of hydrogen-bond donors (Lipinski definition) is 2. The molecular formula is C22H38IN3O4. The monoisotopic (exact) mass is 535 g/mol. The molecule has 0 saturated heterocycles. The fourth-order valence-corrected chi connectivity index (χ4v) is 2.54. The molecule has 0 aliphatic heterocycles. The Bertz CT molecular complexity index is 580. The van der Waals surface area contributed by atoms with Crippen LogP contribution in [0.15, 0.2) is 29.3 Å². The van der Waals surface area contributed by atoms with E-state index in [1.165, 1.54) is 12.8 Å². The molecule has 1 aliphatic carbocycles. The van der Waals surface area contributed by atoms with Gasteiger partial charge in [0.05, 0.1) is 25.9 Å². The largest absolute Gasteiger partial charge is 0.491 e. The van der Waals surface area contributed by atoms with Crippen LogP contribution in [0.2, 0.25) is 0 Å². The molecule has 1 saturated carbocycles. The summed E-state index contributed by atoms with van der Waals surface area (Å²) in [6.45, 7) is 8.86. The number of ether oxygens (including phenoxy) is 4. The van der Waals surface area contributed by atoms with Gasteiger partial charge in [0, 0.05) is 39.1 Å². The maximum absolute atomic E-state index is 5.70. The molecule has 0 unspecified atom stereocenters. The van der Waals surface area contributed by atoms with Crippen LogP contribution >= 0.6 is 24.0 Å². The van der Waals surface area contributed by atoms with Crippen LogP contribution in [-0.2, 0) is 14.2 Å². The second-order valence-corrected chi connectivity index (χ2v) is 7.45. The lowest BCUT2D eigenvalue weighted by atomic mass is 10.3. The van der Waals surface area contributed by atoms with Gasteiger partial charge in [-0.3, -0.25) is 4.99 Å². The van der Waals surface area contributed by atoms with Crippen molar-refractivity contribution >= 4 is 35.6 Å². The molecule has 0 amide bonds. The summed E-state index contributed by atoms with van der Waals surface area (Å²) in [6, 6.07) is 7.89. The van der Waals surface area contributed by atoms with Crippen LogP contribution in [0.3, 0.4) is 0 Å². The van der Waals surface area contributed by atoms with Crippen molar-refractivity contribution in [1.82, 2.24) is 5.32 Å². The summed E-state index contributed by atoms with van der Waals surface area (Å²) < 4.78 is 21.9. The van der Waals surface area contributed by atoms with Crippen molar-refractivity contribution in [3.8, 4) is 5.75 Å². The quantitative estimate of drug-likeness (QED) is 0.154. The number of rotatable bonds is 15. The minimum absolute atomic E-state index is 0. The lowest BCUT2D eigenvalue weighted by Crippen LogP contribution is -2.34. The lowest BCUT2D eigenvalue weighted by molar-refractivity contribution is 0.0734. The molecule has 172 valence electrons. The Labute approximate surface area is 198 Å². The zero-order chi connectivity index (χ0) is 20.7. The number of hydrogen-bond acceptors (Lipinski definition) is 5. The first kappa shape index (κ1) is 26.9. The van der Waals surface area contributed by atoms with E-state index in [1.807, 2.05) is 38.1 Å². The second kappa shape index (κ2) is 16.6. The van der Waals surface area contributed by atoms with Crippen molar-refractivity contribution < 1.29 is 18.9 Å². The number of nitrogens with one attached hydrogen (secondary N) is 2. The minimum atomic E-state index is 0. The second-order valence-electron chi connectivity index (χ2n) is 7.45. The molecule has 1 aromatic carbocycles. The Morgan fingerprint density at radius 3 is 2.50 bits per heavy atom. The molecule has 1 aliphatic rings. The average molecular weight is 535 g/mol. The molecule has 8 heteroatoms. The number of benzene rings is 1. The van der Waals surface area contributed by atoms with Gasteiger partial charge in [-0.2, -0.15) is 0 Å². The molecule has 2 rings (SSSR count). The number of methoxy groups -OCH3 is 1. The Balaban J connectivity index is 0.00000450. The van der Waals surface area contributed by atoms with Crippen LogP contribution < -0.4 is 15.4 Å². The van der Waals surface area contributed by atoms with Crippen LogP contribution in [0.4, 0.5) is 5.69 Å². The summed E-state index contributed by atoms with van der Waals surface area (Å²) in [6.07, 6.45) is 3.71. The van der Waals surface area contributed by atoms with Crippen LogP contribution in [0, 0.1) is 5.92 Å². The van der Waals surface area contributed by atoms with Gasteiger partial charge in [-0.15, -0.1) is 24.0 Å². The third kappa shape index (κ3) is 13.3. The number of aliphatic imine (C=N–C) groups is 1. The van der Waals surface area contributed by atoms with E-state index in [0.29, 0.717) is 32.9 Å². The van der Waals surface area contributed by atoms with E-state index in [2.05, 4.69) is 15.6 Å². The van der Waals surface area contributed by atoms with Gasteiger partial charge in [0.15, 0.2) is 5.96 Å². The van der Waals surface area contributed by atoms with E-state index in [1.54, 1.807) is 7.11 Å². The SMILES string of the molecule is COCCOCCNC(=NCCCOCC1CC1)Nc1ccc(OC(C)C)cc1.I. The highest BCUT2D eigenvalue weighted by atomic mass is 127. The molecule has 0 atom stereocenters. The fourth-order valence-electron chi connectivity index (χ4n) is 2.54. The molecular weight excluding hydrogens is 497 g/mol. The van der Waals surface area contributed by atoms with Crippen LogP contribution in [0.25, 0.3) is 0 Å². The first-order chi connectivity index (χ1) is 14.2. The molecule has 0 heterocycles. The Kier molecular flexibility index (Phi) is 14.9. The van der Waals surface area contributed by atoms with E-state index in [9.17, 15) is 0 Å². The summed E-state index contributed by atoms with van der Waals surface area (Å²) in [5, 5.41) is 6.66. The minimum Gasteiger partial charge on any atom is -0.491 e. The van der Waals surface area contributed by atoms with Crippen molar-refractivity contribution in [3.63, 3.8) is 0 Å². The zero-order valence-electron chi connectivity index (χ0n) is 18.5. The van der Waals surface area contributed by atoms with Crippen LogP contribution in [-0.4, -0.2) is 65.3 Å². The summed E-state index contributed by atoms with van der Waals surface area (Å²) >= 11 is 0. The summed E-state index contributed by atoms with van der Waals surface area (Å²) in [4.78, 5) is 4.66. The molecule has 0 bridgehead atoms. The zero-order valence-corrected chi connectivity index (χ0v) is 20.9. The van der Waals surface area contributed by atoms with Gasteiger partial charge in [0.2, 0.25) is 0 Å². The number of nitrogens with zero attached hydrogens (tertiary/aromatic N) is 1. The van der Waals surface area contributed by atoms with Gasteiger partial charge in [0.25, 0.3) is 0 Å². The van der Waals surface area contributed by atoms with Gasteiger partial charge < -0.3 is 29.6 Å². The van der Waals surface area contributed by atoms with E-state index < -0.39 is 0 Å². The van der Waals surface area contributed by atoms with E-state index in [-0.39, 0.29) is 30.1 Å². The molecule has 1 fully saturated rings. The van der Waals surface area contributed by atoms with Crippen LogP contribution in [0.5, 0.6) is 5.75 Å². The predicted molar refractivity (Wildman–Crippen MR) is 132 cm³/mol. The molecule has 30 heavy (non-hydrogen) atoms. The van der Waals surface area contributed by atoms with E-state index in [0.717, 1.165) is 42.9 Å². The average Bonchev–Trinajstić information content (AvgIpc) is 3.52. The molecule has 0 spiro atoms. The van der Waals surface area contributed by atoms with Gasteiger partial charge in [-0.1, -0.05) is 0 Å². The van der Waals surface area contributed by atoms with Crippen molar-refractivity contribution in [1.29, 1.82) is 0 Å². The van der Waals surface area contributed by atoms with Gasteiger partial charge in [-0.05, 0) is 63.3 Å². The smallest absolute Gasteiger partial charge is 0.195 e. The number of halogens is 1. The highest BCUT2D eigenvalue weighted by Crippen LogP contribution is 2.28.